The van der Waals surface area contributed by atoms with Crippen molar-refractivity contribution < 1.29 is 9.26 Å². The molecule has 1 fully saturated rings. The van der Waals surface area contributed by atoms with E-state index in [0.717, 1.165) is 0 Å². The van der Waals surface area contributed by atoms with Crippen molar-refractivity contribution in [1.82, 2.24) is 10.1 Å². The number of hydrogen-bond acceptors (Lipinski definition) is 5. The van der Waals surface area contributed by atoms with Gasteiger partial charge in [-0.1, -0.05) is 19.0 Å². The van der Waals surface area contributed by atoms with Crippen molar-refractivity contribution in [2.24, 2.45) is 11.3 Å². The van der Waals surface area contributed by atoms with Crippen molar-refractivity contribution >= 4 is 0 Å². The van der Waals surface area contributed by atoms with E-state index in [2.05, 4.69) is 16.2 Å². The van der Waals surface area contributed by atoms with Crippen LogP contribution in [0.3, 0.4) is 0 Å². The van der Waals surface area contributed by atoms with Crippen LogP contribution in [-0.4, -0.2) is 16.7 Å². The maximum absolute atomic E-state index is 9.06. The third-order valence-corrected chi connectivity index (χ3v) is 3.72. The first-order valence-electron chi connectivity index (χ1n) is 6.22. The number of aromatic nitrogens is 2. The van der Waals surface area contributed by atoms with Gasteiger partial charge in [-0.3, -0.25) is 0 Å². The highest BCUT2D eigenvalue weighted by molar-refractivity contribution is 5.26. The van der Waals surface area contributed by atoms with E-state index < -0.39 is 5.60 Å². The Labute approximate surface area is 107 Å². The molecule has 1 aromatic heterocycles. The Kier molecular flexibility index (Phi) is 2.94. The van der Waals surface area contributed by atoms with Gasteiger partial charge in [0.1, 0.15) is 5.60 Å². The summed E-state index contributed by atoms with van der Waals surface area (Å²) in [5, 5.41) is 13.0. The van der Waals surface area contributed by atoms with Crippen LogP contribution in [-0.2, 0) is 10.3 Å². The maximum Gasteiger partial charge on any atom is 0.231 e. The second kappa shape index (κ2) is 4.06. The van der Waals surface area contributed by atoms with E-state index in [-0.39, 0.29) is 17.3 Å². The fourth-order valence-corrected chi connectivity index (χ4v) is 2.37. The third-order valence-electron chi connectivity index (χ3n) is 3.72. The molecule has 2 unspecified atom stereocenters. The van der Waals surface area contributed by atoms with E-state index in [1.54, 1.807) is 0 Å². The molecule has 0 aliphatic heterocycles. The van der Waals surface area contributed by atoms with Gasteiger partial charge in [-0.05, 0) is 26.2 Å². The van der Waals surface area contributed by atoms with Gasteiger partial charge in [0.2, 0.25) is 11.7 Å². The van der Waals surface area contributed by atoms with Crippen molar-refractivity contribution in [2.75, 3.05) is 6.61 Å². The first-order valence-corrected chi connectivity index (χ1v) is 6.22. The van der Waals surface area contributed by atoms with E-state index in [1.807, 2.05) is 34.6 Å². The van der Waals surface area contributed by atoms with Crippen LogP contribution in [0.4, 0.5) is 0 Å². The Balaban J connectivity index is 2.21. The summed E-state index contributed by atoms with van der Waals surface area (Å²) in [5.41, 5.74) is -0.633. The highest BCUT2D eigenvalue weighted by Crippen LogP contribution is 2.63. The van der Waals surface area contributed by atoms with Crippen molar-refractivity contribution in [3.8, 4) is 6.07 Å². The summed E-state index contributed by atoms with van der Waals surface area (Å²) in [6.07, 6.45) is 0. The monoisotopic (exact) mass is 249 g/mol. The predicted molar refractivity (Wildman–Crippen MR) is 64.6 cm³/mol. The summed E-state index contributed by atoms with van der Waals surface area (Å²) in [4.78, 5) is 4.40. The summed E-state index contributed by atoms with van der Waals surface area (Å²) in [7, 11) is 0. The molecule has 0 bridgehead atoms. The van der Waals surface area contributed by atoms with E-state index in [9.17, 15) is 0 Å². The van der Waals surface area contributed by atoms with Crippen LogP contribution < -0.4 is 0 Å². The Hall–Kier alpha value is -1.41. The first-order chi connectivity index (χ1) is 8.34. The number of nitrogens with zero attached hydrogens (tertiary/aromatic N) is 3. The minimum Gasteiger partial charge on any atom is -0.368 e. The van der Waals surface area contributed by atoms with Gasteiger partial charge >= 0.3 is 0 Å². The van der Waals surface area contributed by atoms with Gasteiger partial charge in [0.25, 0.3) is 0 Å². The second-order valence-electron chi connectivity index (χ2n) is 5.81. The Morgan fingerprint density at radius 1 is 1.50 bits per heavy atom. The predicted octanol–water partition coefficient (Wildman–Crippen LogP) is 2.60. The Morgan fingerprint density at radius 2 is 2.17 bits per heavy atom. The van der Waals surface area contributed by atoms with Gasteiger partial charge in [-0.15, -0.1) is 0 Å². The molecule has 98 valence electrons. The van der Waals surface area contributed by atoms with Crippen LogP contribution in [0.15, 0.2) is 4.52 Å². The second-order valence-corrected chi connectivity index (χ2v) is 5.81. The van der Waals surface area contributed by atoms with E-state index in [1.165, 1.54) is 0 Å². The highest BCUT2D eigenvalue weighted by atomic mass is 16.5. The maximum atomic E-state index is 9.06. The van der Waals surface area contributed by atoms with Crippen LogP contribution in [0.5, 0.6) is 0 Å². The fraction of sp³-hybridized carbons (Fsp3) is 0.769. The van der Waals surface area contributed by atoms with Crippen LogP contribution in [0.25, 0.3) is 0 Å². The molecule has 2 rings (SSSR count). The topological polar surface area (TPSA) is 71.9 Å². The van der Waals surface area contributed by atoms with Crippen LogP contribution in [0.2, 0.25) is 0 Å². The van der Waals surface area contributed by atoms with Crippen LogP contribution in [0.1, 0.15) is 52.3 Å². The zero-order valence-electron chi connectivity index (χ0n) is 11.5. The number of nitriles is 1. The lowest BCUT2D eigenvalue weighted by Crippen LogP contribution is -2.23. The molecule has 1 aliphatic carbocycles. The SMILES string of the molecule is CCOC(C)(C)c1noc(C2C(C#N)C2(C)C)n1. The normalized spacial score (nSPS) is 25.8. The van der Waals surface area contributed by atoms with Gasteiger partial charge in [0.15, 0.2) is 0 Å². The molecule has 1 aliphatic rings. The molecule has 2 atom stereocenters. The molecule has 0 N–H and O–H groups in total. The number of hydrogen-bond donors (Lipinski definition) is 0. The van der Waals surface area contributed by atoms with Gasteiger partial charge in [0.05, 0.1) is 17.9 Å². The molecule has 5 nitrogen and oxygen atoms in total. The largest absolute Gasteiger partial charge is 0.368 e. The molecule has 0 spiro atoms. The van der Waals surface area contributed by atoms with Gasteiger partial charge < -0.3 is 9.26 Å². The smallest absolute Gasteiger partial charge is 0.231 e. The zero-order chi connectivity index (χ0) is 13.6. The molecule has 0 saturated heterocycles. The highest BCUT2D eigenvalue weighted by Gasteiger charge is 2.62. The summed E-state index contributed by atoms with van der Waals surface area (Å²) in [5.74, 6) is 1.09. The molecule has 1 heterocycles. The average molecular weight is 249 g/mol. The van der Waals surface area contributed by atoms with Crippen molar-refractivity contribution in [3.63, 3.8) is 0 Å². The number of ether oxygens (including phenoxy) is 1. The quantitative estimate of drug-likeness (QED) is 0.820. The van der Waals surface area contributed by atoms with E-state index in [0.29, 0.717) is 18.3 Å². The molecule has 1 aromatic rings. The summed E-state index contributed by atoms with van der Waals surface area (Å²) in [6, 6.07) is 2.29. The Morgan fingerprint density at radius 3 is 2.67 bits per heavy atom. The molecular weight excluding hydrogens is 230 g/mol. The molecule has 1 saturated carbocycles. The van der Waals surface area contributed by atoms with E-state index in [4.69, 9.17) is 14.5 Å². The zero-order valence-corrected chi connectivity index (χ0v) is 11.5. The molecule has 0 aromatic carbocycles. The lowest BCUT2D eigenvalue weighted by Gasteiger charge is -2.19. The standard InChI is InChI=1S/C13H19N3O2/c1-6-17-13(4,5)11-15-10(18-16-11)9-8(7-14)12(9,2)3/h8-9H,6H2,1-5H3. The van der Waals surface area contributed by atoms with Crippen molar-refractivity contribution in [2.45, 2.75) is 46.1 Å². The summed E-state index contributed by atoms with van der Waals surface area (Å²) < 4.78 is 10.9. The first kappa shape index (κ1) is 13.0. The van der Waals surface area contributed by atoms with Crippen molar-refractivity contribution in [3.05, 3.63) is 11.7 Å². The minimum absolute atomic E-state index is 0.0407. The molecule has 0 amide bonds. The summed E-state index contributed by atoms with van der Waals surface area (Å²) in [6.45, 7) is 10.4. The van der Waals surface area contributed by atoms with Gasteiger partial charge in [-0.25, -0.2) is 0 Å². The molecule has 0 radical (unpaired) electrons. The van der Waals surface area contributed by atoms with Crippen LogP contribution >= 0.6 is 0 Å². The molecule has 5 heteroatoms. The average Bonchev–Trinajstić information content (AvgIpc) is 2.65. The molecule has 18 heavy (non-hydrogen) atoms. The number of rotatable bonds is 4. The fourth-order valence-electron chi connectivity index (χ4n) is 2.37. The van der Waals surface area contributed by atoms with E-state index >= 15 is 0 Å². The van der Waals surface area contributed by atoms with Gasteiger partial charge in [0, 0.05) is 6.61 Å². The Bertz CT molecular complexity index is 485. The lowest BCUT2D eigenvalue weighted by atomic mass is 10.1. The van der Waals surface area contributed by atoms with Crippen molar-refractivity contribution in [1.29, 1.82) is 5.26 Å². The lowest BCUT2D eigenvalue weighted by molar-refractivity contribution is -0.0221. The van der Waals surface area contributed by atoms with Gasteiger partial charge in [-0.2, -0.15) is 10.2 Å². The molecular formula is C13H19N3O2. The van der Waals surface area contributed by atoms with Crippen LogP contribution in [0, 0.1) is 22.7 Å². The summed E-state index contributed by atoms with van der Waals surface area (Å²) >= 11 is 0. The third kappa shape index (κ3) is 1.91. The minimum atomic E-state index is -0.558.